The van der Waals surface area contributed by atoms with Crippen LogP contribution >= 0.6 is 0 Å². The Bertz CT molecular complexity index is 1960. The van der Waals surface area contributed by atoms with Crippen LogP contribution in [0.2, 0.25) is 0 Å². The van der Waals surface area contributed by atoms with Crippen molar-refractivity contribution in [2.75, 3.05) is 35.5 Å². The third kappa shape index (κ3) is 8.88. The third-order valence-electron chi connectivity index (χ3n) is 7.65. The fraction of sp³-hybridized carbons (Fsp3) is 0.189. The Morgan fingerprint density at radius 2 is 1.10 bits per heavy atom. The van der Waals surface area contributed by atoms with E-state index in [1.54, 1.807) is 36.4 Å². The normalized spacial score (nSPS) is 12.8. The summed E-state index contributed by atoms with van der Waals surface area (Å²) >= 11 is 0. The Balaban J connectivity index is 0.000000157. The maximum Gasteiger partial charge on any atom is 0.347 e. The SMILES string of the molecule is COC(=O)c1ccc(OC)cc1C(=O)OC.COc1ccc2c(c1)C(=O)NC2=O.COc1ccc2c(c1)C(=O)OC2=O.Oc1ccc2c(c1)CNC2. The molecule has 3 aliphatic heterocycles. The highest BCUT2D eigenvalue weighted by Crippen LogP contribution is 2.25. The van der Waals surface area contributed by atoms with Crippen LogP contribution in [0.1, 0.15) is 73.3 Å². The standard InChI is InChI=1S/C11H12O5.C9H7NO3.C9H6O4.C8H9NO/c1-14-7-4-5-8(10(12)15-2)9(6-7)11(13)16-3;1-13-5-2-3-6-7(4-5)9(12)10-8(6)11;1-12-5-2-3-6-7(4-5)9(11)13-8(6)10;10-8-2-1-6-4-9-5-7(6)3-8/h4-6H,1-3H3;2-4H,1H3,(H,10,11,12);2-4H,1H3;1-3,9-10H,4-5H2. The van der Waals surface area contributed by atoms with Crippen molar-refractivity contribution in [2.24, 2.45) is 0 Å². The van der Waals surface area contributed by atoms with Gasteiger partial charge >= 0.3 is 23.9 Å². The largest absolute Gasteiger partial charge is 0.508 e. The molecule has 4 aromatic rings. The Kier molecular flexibility index (Phi) is 12.6. The lowest BCUT2D eigenvalue weighted by Gasteiger charge is -2.08. The number of cyclic esters (lactones) is 2. The van der Waals surface area contributed by atoms with Gasteiger partial charge < -0.3 is 38.8 Å². The van der Waals surface area contributed by atoms with Gasteiger partial charge in [0.2, 0.25) is 0 Å². The number of methoxy groups -OCH3 is 5. The molecule has 0 bridgehead atoms. The van der Waals surface area contributed by atoms with E-state index in [1.165, 1.54) is 70.9 Å². The minimum absolute atomic E-state index is 0.119. The fourth-order valence-corrected chi connectivity index (χ4v) is 4.96. The van der Waals surface area contributed by atoms with Crippen LogP contribution < -0.4 is 24.8 Å². The first-order valence-electron chi connectivity index (χ1n) is 15.3. The van der Waals surface area contributed by atoms with Gasteiger partial charge in [0, 0.05) is 13.1 Å². The number of benzene rings is 4. The molecule has 0 aromatic heterocycles. The number of nitrogens with one attached hydrogen (secondary N) is 2. The molecular formula is C37H34N2O13. The van der Waals surface area contributed by atoms with E-state index in [-0.39, 0.29) is 28.5 Å². The van der Waals surface area contributed by atoms with E-state index in [0.29, 0.717) is 39.7 Å². The molecular weight excluding hydrogens is 680 g/mol. The van der Waals surface area contributed by atoms with Crippen LogP contribution in [-0.4, -0.2) is 76.3 Å². The quantitative estimate of drug-likeness (QED) is 0.116. The molecule has 52 heavy (non-hydrogen) atoms. The maximum absolute atomic E-state index is 11.4. The topological polar surface area (TPSA) is 202 Å². The number of hydrogen-bond acceptors (Lipinski definition) is 14. The van der Waals surface area contributed by atoms with Gasteiger partial charge in [0.1, 0.15) is 23.0 Å². The van der Waals surface area contributed by atoms with E-state index in [4.69, 9.17) is 19.3 Å². The minimum Gasteiger partial charge on any atom is -0.508 e. The molecule has 0 atom stereocenters. The van der Waals surface area contributed by atoms with Gasteiger partial charge in [-0.1, -0.05) is 6.07 Å². The predicted molar refractivity (Wildman–Crippen MR) is 182 cm³/mol. The first-order chi connectivity index (χ1) is 24.9. The molecule has 7 rings (SSSR count). The average molecular weight is 715 g/mol. The molecule has 2 amide bonds. The summed E-state index contributed by atoms with van der Waals surface area (Å²) in [5, 5.41) is 14.5. The van der Waals surface area contributed by atoms with Gasteiger partial charge in [0.25, 0.3) is 11.8 Å². The molecule has 3 aliphatic rings. The molecule has 3 N–H and O–H groups in total. The van der Waals surface area contributed by atoms with Gasteiger partial charge in [0.15, 0.2) is 0 Å². The van der Waals surface area contributed by atoms with Crippen LogP contribution in [0.15, 0.2) is 72.8 Å². The summed E-state index contributed by atoms with van der Waals surface area (Å²) in [6.45, 7) is 1.83. The van der Waals surface area contributed by atoms with Gasteiger partial charge in [-0.15, -0.1) is 0 Å². The van der Waals surface area contributed by atoms with Crippen LogP contribution in [0, 0.1) is 0 Å². The molecule has 15 nitrogen and oxygen atoms in total. The number of aromatic hydroxyl groups is 1. The molecule has 0 saturated carbocycles. The number of hydrogen-bond donors (Lipinski definition) is 3. The first-order valence-corrected chi connectivity index (χ1v) is 15.3. The van der Waals surface area contributed by atoms with Gasteiger partial charge in [-0.2, -0.15) is 0 Å². The summed E-state index contributed by atoms with van der Waals surface area (Å²) in [5.74, 6) is -1.19. The zero-order valence-electron chi connectivity index (χ0n) is 28.7. The third-order valence-corrected chi connectivity index (χ3v) is 7.65. The monoisotopic (exact) mass is 714 g/mol. The van der Waals surface area contributed by atoms with Crippen LogP contribution in [0.3, 0.4) is 0 Å². The highest BCUT2D eigenvalue weighted by molar-refractivity contribution is 6.21. The zero-order chi connectivity index (χ0) is 37.9. The molecule has 0 radical (unpaired) electrons. The second-order valence-corrected chi connectivity index (χ2v) is 10.7. The lowest BCUT2D eigenvalue weighted by atomic mass is 10.1. The minimum atomic E-state index is -0.612. The Labute approximate surface area is 297 Å². The Morgan fingerprint density at radius 3 is 1.73 bits per heavy atom. The number of carbonyl (C=O) groups excluding carboxylic acids is 6. The van der Waals surface area contributed by atoms with Crippen LogP contribution in [0.4, 0.5) is 0 Å². The number of amides is 2. The molecule has 15 heteroatoms. The number of fused-ring (bicyclic) bond motifs is 3. The van der Waals surface area contributed by atoms with Crippen molar-refractivity contribution in [3.05, 3.63) is 117 Å². The molecule has 4 aromatic carbocycles. The number of carbonyl (C=O) groups is 6. The van der Waals surface area contributed by atoms with Crippen LogP contribution in [0.25, 0.3) is 0 Å². The maximum atomic E-state index is 11.4. The van der Waals surface area contributed by atoms with Crippen molar-refractivity contribution in [2.45, 2.75) is 13.1 Å². The van der Waals surface area contributed by atoms with Crippen molar-refractivity contribution < 1.29 is 62.3 Å². The van der Waals surface area contributed by atoms with E-state index >= 15 is 0 Å². The average Bonchev–Trinajstić information content (AvgIpc) is 3.84. The van der Waals surface area contributed by atoms with Crippen molar-refractivity contribution in [1.82, 2.24) is 10.6 Å². The summed E-state index contributed by atoms with van der Waals surface area (Å²) in [4.78, 5) is 67.1. The van der Waals surface area contributed by atoms with E-state index < -0.39 is 23.9 Å². The molecule has 0 saturated heterocycles. The Morgan fingerprint density at radius 1 is 0.577 bits per heavy atom. The second-order valence-electron chi connectivity index (χ2n) is 10.7. The fourth-order valence-electron chi connectivity index (χ4n) is 4.96. The number of esters is 4. The van der Waals surface area contributed by atoms with Gasteiger partial charge in [-0.05, 0) is 77.9 Å². The highest BCUT2D eigenvalue weighted by atomic mass is 16.6. The second kappa shape index (κ2) is 17.3. The Hall–Kier alpha value is -6.74. The summed E-state index contributed by atoms with van der Waals surface area (Å²) in [6, 6.07) is 19.4. The van der Waals surface area contributed by atoms with Gasteiger partial charge in [-0.3, -0.25) is 14.9 Å². The van der Waals surface area contributed by atoms with E-state index in [1.807, 2.05) is 12.1 Å². The molecule has 0 fully saturated rings. The predicted octanol–water partition coefficient (Wildman–Crippen LogP) is 3.85. The van der Waals surface area contributed by atoms with E-state index in [9.17, 15) is 28.8 Å². The van der Waals surface area contributed by atoms with Crippen molar-refractivity contribution in [3.8, 4) is 23.0 Å². The highest BCUT2D eigenvalue weighted by Gasteiger charge is 2.30. The van der Waals surface area contributed by atoms with Crippen molar-refractivity contribution >= 4 is 35.7 Å². The summed E-state index contributed by atoms with van der Waals surface area (Å²) < 4.78 is 28.3. The van der Waals surface area contributed by atoms with E-state index in [2.05, 4.69) is 24.8 Å². The van der Waals surface area contributed by atoms with Crippen molar-refractivity contribution in [3.63, 3.8) is 0 Å². The smallest absolute Gasteiger partial charge is 0.347 e. The van der Waals surface area contributed by atoms with Gasteiger partial charge in [-0.25, -0.2) is 19.2 Å². The molecule has 3 heterocycles. The lowest BCUT2D eigenvalue weighted by Crippen LogP contribution is -2.19. The van der Waals surface area contributed by atoms with E-state index in [0.717, 1.165) is 13.1 Å². The summed E-state index contributed by atoms with van der Waals surface area (Å²) in [6.07, 6.45) is 0. The molecule has 270 valence electrons. The van der Waals surface area contributed by atoms with Crippen LogP contribution in [0.5, 0.6) is 23.0 Å². The van der Waals surface area contributed by atoms with Crippen LogP contribution in [-0.2, 0) is 27.3 Å². The summed E-state index contributed by atoms with van der Waals surface area (Å²) in [7, 11) is 6.95. The van der Waals surface area contributed by atoms with Crippen molar-refractivity contribution in [1.29, 1.82) is 0 Å². The molecule has 0 spiro atoms. The number of phenols is 1. The van der Waals surface area contributed by atoms with Gasteiger partial charge in [0.05, 0.1) is 68.9 Å². The zero-order valence-corrected chi connectivity index (χ0v) is 28.7. The number of rotatable bonds is 5. The number of phenolic OH excluding ortho intramolecular Hbond substituents is 1. The first kappa shape index (κ1) is 38.1. The molecule has 0 aliphatic carbocycles. The molecule has 0 unspecified atom stereocenters. The number of ether oxygens (including phenoxy) is 6. The lowest BCUT2D eigenvalue weighted by molar-refractivity contribution is 0.0441. The number of imide groups is 1. The summed E-state index contributed by atoms with van der Waals surface area (Å²) in [5.41, 5.74) is 4.15.